The van der Waals surface area contributed by atoms with Gasteiger partial charge in [0.2, 0.25) is 5.91 Å². The smallest absolute Gasteiger partial charge is 0.226 e. The van der Waals surface area contributed by atoms with Crippen molar-refractivity contribution >= 4 is 17.5 Å². The van der Waals surface area contributed by atoms with Crippen molar-refractivity contribution in [3.05, 3.63) is 35.4 Å². The fraction of sp³-hybridized carbons (Fsp3) is 0.533. The first-order valence-electron chi connectivity index (χ1n) is 6.55. The molecule has 2 atom stereocenters. The Morgan fingerprint density at radius 3 is 2.94 bits per heavy atom. The minimum atomic E-state index is -0.106. The molecule has 2 unspecified atom stereocenters. The number of carbonyl (C=O) groups is 1. The highest BCUT2D eigenvalue weighted by molar-refractivity contribution is 6.19. The van der Waals surface area contributed by atoms with Crippen LogP contribution in [0.4, 0.5) is 0 Å². The number of rotatable bonds is 3. The lowest BCUT2D eigenvalue weighted by Crippen LogP contribution is -2.37. The Bertz CT molecular complexity index is 432. The monoisotopic (exact) mass is 265 g/mol. The van der Waals surface area contributed by atoms with Crippen molar-refractivity contribution in [1.29, 1.82) is 0 Å². The summed E-state index contributed by atoms with van der Waals surface area (Å²) >= 11 is 5.78. The van der Waals surface area contributed by atoms with E-state index in [1.807, 2.05) is 18.9 Å². The van der Waals surface area contributed by atoms with Gasteiger partial charge < -0.3 is 4.90 Å². The Kier molecular flexibility index (Phi) is 4.28. The Balaban J connectivity index is 2.22. The summed E-state index contributed by atoms with van der Waals surface area (Å²) in [4.78, 5) is 14.1. The van der Waals surface area contributed by atoms with Crippen LogP contribution in [-0.4, -0.2) is 23.7 Å². The molecule has 0 radical (unpaired) electrons. The number of hydrogen-bond acceptors (Lipinski definition) is 1. The minimum Gasteiger partial charge on any atom is -0.338 e. The summed E-state index contributed by atoms with van der Waals surface area (Å²) in [6.45, 7) is 1.89. The number of aryl methyl sites for hydroxylation is 1. The van der Waals surface area contributed by atoms with Crippen LogP contribution in [-0.2, 0) is 11.2 Å². The SMILES string of the molecule is CC(CCl)C(=O)N(C)C1CCCc2ccccc21. The Morgan fingerprint density at radius 1 is 1.50 bits per heavy atom. The molecule has 1 aromatic carbocycles. The molecule has 1 aromatic rings. The molecule has 0 aromatic heterocycles. The Hall–Kier alpha value is -1.02. The van der Waals surface area contributed by atoms with Crippen LogP contribution in [0.25, 0.3) is 0 Å². The van der Waals surface area contributed by atoms with E-state index in [1.54, 1.807) is 0 Å². The second-order valence-electron chi connectivity index (χ2n) is 5.11. The maximum Gasteiger partial charge on any atom is 0.226 e. The second kappa shape index (κ2) is 5.75. The summed E-state index contributed by atoms with van der Waals surface area (Å²) in [7, 11) is 1.90. The van der Waals surface area contributed by atoms with Crippen molar-refractivity contribution in [2.75, 3.05) is 12.9 Å². The zero-order valence-corrected chi connectivity index (χ0v) is 11.8. The molecule has 0 N–H and O–H groups in total. The quantitative estimate of drug-likeness (QED) is 0.767. The molecule has 0 fully saturated rings. The van der Waals surface area contributed by atoms with Crippen LogP contribution in [0.3, 0.4) is 0 Å². The molecule has 0 heterocycles. The van der Waals surface area contributed by atoms with E-state index >= 15 is 0 Å². The number of benzene rings is 1. The summed E-state index contributed by atoms with van der Waals surface area (Å²) in [5, 5.41) is 0. The van der Waals surface area contributed by atoms with Crippen LogP contribution in [0, 0.1) is 5.92 Å². The van der Waals surface area contributed by atoms with Crippen molar-refractivity contribution in [2.45, 2.75) is 32.2 Å². The summed E-state index contributed by atoms with van der Waals surface area (Å²) in [6.07, 6.45) is 3.32. The molecule has 1 aliphatic rings. The third-order valence-electron chi connectivity index (χ3n) is 3.81. The molecule has 2 nitrogen and oxygen atoms in total. The summed E-state index contributed by atoms with van der Waals surface area (Å²) in [5.41, 5.74) is 2.69. The highest BCUT2D eigenvalue weighted by Gasteiger charge is 2.28. The average Bonchev–Trinajstić information content (AvgIpc) is 2.44. The lowest BCUT2D eigenvalue weighted by molar-refractivity contribution is -0.135. The number of halogens is 1. The predicted octanol–water partition coefficient (Wildman–Crippen LogP) is 3.40. The molecule has 0 bridgehead atoms. The molecule has 0 spiro atoms. The standard InChI is InChI=1S/C15H20ClNO/c1-11(10-16)15(18)17(2)14-9-5-7-12-6-3-4-8-13(12)14/h3-4,6,8,11,14H,5,7,9-10H2,1-2H3. The zero-order valence-electron chi connectivity index (χ0n) is 11.0. The van der Waals surface area contributed by atoms with Gasteiger partial charge in [0.1, 0.15) is 0 Å². The average molecular weight is 266 g/mol. The van der Waals surface area contributed by atoms with Gasteiger partial charge in [0, 0.05) is 18.8 Å². The van der Waals surface area contributed by atoms with Crippen LogP contribution in [0.5, 0.6) is 0 Å². The highest BCUT2D eigenvalue weighted by atomic mass is 35.5. The van der Waals surface area contributed by atoms with Gasteiger partial charge in [-0.05, 0) is 30.4 Å². The van der Waals surface area contributed by atoms with E-state index in [4.69, 9.17) is 11.6 Å². The third-order valence-corrected chi connectivity index (χ3v) is 4.27. The van der Waals surface area contributed by atoms with E-state index in [2.05, 4.69) is 24.3 Å². The molecule has 3 heteroatoms. The van der Waals surface area contributed by atoms with E-state index in [0.29, 0.717) is 5.88 Å². The van der Waals surface area contributed by atoms with Crippen LogP contribution in [0.15, 0.2) is 24.3 Å². The van der Waals surface area contributed by atoms with E-state index < -0.39 is 0 Å². The lowest BCUT2D eigenvalue weighted by Gasteiger charge is -2.34. The molecule has 98 valence electrons. The van der Waals surface area contributed by atoms with Crippen molar-refractivity contribution < 1.29 is 4.79 Å². The van der Waals surface area contributed by atoms with Gasteiger partial charge in [-0.1, -0.05) is 31.2 Å². The normalized spacial score (nSPS) is 20.1. The van der Waals surface area contributed by atoms with E-state index in [1.165, 1.54) is 11.1 Å². The van der Waals surface area contributed by atoms with Gasteiger partial charge in [0.25, 0.3) is 0 Å². The summed E-state index contributed by atoms with van der Waals surface area (Å²) in [6, 6.07) is 8.66. The van der Waals surface area contributed by atoms with Gasteiger partial charge in [-0.25, -0.2) is 0 Å². The number of nitrogens with zero attached hydrogens (tertiary/aromatic N) is 1. The first-order chi connectivity index (χ1) is 8.65. The number of carbonyl (C=O) groups excluding carboxylic acids is 1. The van der Waals surface area contributed by atoms with Crippen LogP contribution < -0.4 is 0 Å². The van der Waals surface area contributed by atoms with E-state index in [9.17, 15) is 4.79 Å². The molecular weight excluding hydrogens is 246 g/mol. The zero-order chi connectivity index (χ0) is 13.1. The van der Waals surface area contributed by atoms with Gasteiger partial charge >= 0.3 is 0 Å². The molecule has 2 rings (SSSR count). The number of hydrogen-bond donors (Lipinski definition) is 0. The Labute approximate surface area is 114 Å². The molecule has 18 heavy (non-hydrogen) atoms. The van der Waals surface area contributed by atoms with Crippen molar-refractivity contribution in [3.63, 3.8) is 0 Å². The molecule has 0 saturated heterocycles. The summed E-state index contributed by atoms with van der Waals surface area (Å²) < 4.78 is 0. The summed E-state index contributed by atoms with van der Waals surface area (Å²) in [5.74, 6) is 0.426. The fourth-order valence-corrected chi connectivity index (χ4v) is 2.83. The number of alkyl halides is 1. The van der Waals surface area contributed by atoms with Crippen molar-refractivity contribution in [2.24, 2.45) is 5.92 Å². The topological polar surface area (TPSA) is 20.3 Å². The number of fused-ring (bicyclic) bond motifs is 1. The van der Waals surface area contributed by atoms with Crippen molar-refractivity contribution in [1.82, 2.24) is 4.90 Å². The first-order valence-corrected chi connectivity index (χ1v) is 7.09. The van der Waals surface area contributed by atoms with Crippen LogP contribution >= 0.6 is 11.6 Å². The molecule has 1 aliphatic carbocycles. The molecular formula is C15H20ClNO. The van der Waals surface area contributed by atoms with Gasteiger partial charge in [0.15, 0.2) is 0 Å². The van der Waals surface area contributed by atoms with Gasteiger partial charge in [-0.2, -0.15) is 0 Å². The molecule has 0 saturated carbocycles. The lowest BCUT2D eigenvalue weighted by atomic mass is 9.86. The second-order valence-corrected chi connectivity index (χ2v) is 5.42. The maximum atomic E-state index is 12.2. The fourth-order valence-electron chi connectivity index (χ4n) is 2.70. The van der Waals surface area contributed by atoms with Crippen LogP contribution in [0.2, 0.25) is 0 Å². The number of amides is 1. The first kappa shape index (κ1) is 13.4. The maximum absolute atomic E-state index is 12.2. The minimum absolute atomic E-state index is 0.106. The highest BCUT2D eigenvalue weighted by Crippen LogP contribution is 2.34. The van der Waals surface area contributed by atoms with Crippen molar-refractivity contribution in [3.8, 4) is 0 Å². The third kappa shape index (κ3) is 2.54. The van der Waals surface area contributed by atoms with E-state index in [0.717, 1.165) is 19.3 Å². The largest absolute Gasteiger partial charge is 0.338 e. The predicted molar refractivity (Wildman–Crippen MR) is 74.8 cm³/mol. The molecule has 0 aliphatic heterocycles. The van der Waals surface area contributed by atoms with Crippen LogP contribution in [0.1, 0.15) is 36.9 Å². The Morgan fingerprint density at radius 2 is 2.22 bits per heavy atom. The van der Waals surface area contributed by atoms with Gasteiger partial charge in [0.05, 0.1) is 6.04 Å². The molecule has 1 amide bonds. The van der Waals surface area contributed by atoms with Gasteiger partial charge in [-0.3, -0.25) is 4.79 Å². The van der Waals surface area contributed by atoms with E-state index in [-0.39, 0.29) is 17.9 Å². The van der Waals surface area contributed by atoms with Gasteiger partial charge in [-0.15, -0.1) is 11.6 Å².